The summed E-state index contributed by atoms with van der Waals surface area (Å²) in [7, 11) is 0. The van der Waals surface area contributed by atoms with Gasteiger partial charge in [0.2, 0.25) is 0 Å². The highest BCUT2D eigenvalue weighted by molar-refractivity contribution is 7.11. The first-order valence-electron chi connectivity index (χ1n) is 5.43. The van der Waals surface area contributed by atoms with E-state index >= 15 is 0 Å². The molecule has 4 heteroatoms. The maximum Gasteiger partial charge on any atom is 0.129 e. The summed E-state index contributed by atoms with van der Waals surface area (Å²) in [6, 6.07) is 6.30. The van der Waals surface area contributed by atoms with E-state index in [9.17, 15) is 9.50 Å². The van der Waals surface area contributed by atoms with Gasteiger partial charge in [-0.2, -0.15) is 0 Å². The molecule has 2 aromatic rings. The minimum Gasteiger partial charge on any atom is -0.388 e. The SMILES string of the molecule is Cc1nc(CC(O)c2ccccc2F)sc1C. The third-order valence-electron chi connectivity index (χ3n) is 2.71. The van der Waals surface area contributed by atoms with Gasteiger partial charge in [-0.05, 0) is 19.9 Å². The van der Waals surface area contributed by atoms with Crippen LogP contribution in [0.1, 0.15) is 27.2 Å². The van der Waals surface area contributed by atoms with Crippen molar-refractivity contribution in [2.45, 2.75) is 26.4 Å². The Morgan fingerprint density at radius 3 is 2.65 bits per heavy atom. The zero-order valence-corrected chi connectivity index (χ0v) is 10.6. The predicted molar refractivity (Wildman–Crippen MR) is 66.7 cm³/mol. The van der Waals surface area contributed by atoms with E-state index in [0.29, 0.717) is 12.0 Å². The van der Waals surface area contributed by atoms with Crippen LogP contribution in [-0.4, -0.2) is 10.1 Å². The van der Waals surface area contributed by atoms with Gasteiger partial charge < -0.3 is 5.11 Å². The first-order chi connectivity index (χ1) is 8.08. The fourth-order valence-corrected chi connectivity index (χ4v) is 2.62. The van der Waals surface area contributed by atoms with Crippen LogP contribution in [0, 0.1) is 19.7 Å². The lowest BCUT2D eigenvalue weighted by Gasteiger charge is -2.09. The third kappa shape index (κ3) is 2.70. The minimum absolute atomic E-state index is 0.331. The summed E-state index contributed by atoms with van der Waals surface area (Å²) in [5.74, 6) is -0.370. The molecule has 1 aromatic heterocycles. The molecule has 2 rings (SSSR count). The molecule has 1 unspecified atom stereocenters. The fraction of sp³-hybridized carbons (Fsp3) is 0.308. The Morgan fingerprint density at radius 2 is 2.06 bits per heavy atom. The van der Waals surface area contributed by atoms with Crippen molar-refractivity contribution in [1.82, 2.24) is 4.98 Å². The molecule has 2 nitrogen and oxygen atoms in total. The van der Waals surface area contributed by atoms with Gasteiger partial charge in [0.25, 0.3) is 0 Å². The summed E-state index contributed by atoms with van der Waals surface area (Å²) >= 11 is 1.55. The molecule has 90 valence electrons. The largest absolute Gasteiger partial charge is 0.388 e. The van der Waals surface area contributed by atoms with Crippen molar-refractivity contribution in [3.05, 3.63) is 51.2 Å². The van der Waals surface area contributed by atoms with E-state index in [1.54, 1.807) is 29.5 Å². The van der Waals surface area contributed by atoms with Crippen molar-refractivity contribution in [1.29, 1.82) is 0 Å². The van der Waals surface area contributed by atoms with Crippen LogP contribution in [0.3, 0.4) is 0 Å². The third-order valence-corrected chi connectivity index (χ3v) is 3.80. The number of aromatic nitrogens is 1. The lowest BCUT2D eigenvalue weighted by Crippen LogP contribution is -2.04. The molecule has 1 N–H and O–H groups in total. The van der Waals surface area contributed by atoms with Crippen molar-refractivity contribution in [2.75, 3.05) is 0 Å². The van der Waals surface area contributed by atoms with Gasteiger partial charge in [-0.15, -0.1) is 11.3 Å². The fourth-order valence-electron chi connectivity index (χ4n) is 1.65. The van der Waals surface area contributed by atoms with Crippen LogP contribution >= 0.6 is 11.3 Å². The van der Waals surface area contributed by atoms with Crippen LogP contribution in [0.15, 0.2) is 24.3 Å². The smallest absolute Gasteiger partial charge is 0.129 e. The highest BCUT2D eigenvalue weighted by Gasteiger charge is 2.15. The van der Waals surface area contributed by atoms with Crippen LogP contribution in [0.5, 0.6) is 0 Å². The Morgan fingerprint density at radius 1 is 1.35 bits per heavy atom. The van der Waals surface area contributed by atoms with Gasteiger partial charge in [0.15, 0.2) is 0 Å². The second-order valence-corrected chi connectivity index (χ2v) is 5.28. The monoisotopic (exact) mass is 251 g/mol. The zero-order chi connectivity index (χ0) is 12.4. The van der Waals surface area contributed by atoms with E-state index < -0.39 is 6.10 Å². The van der Waals surface area contributed by atoms with Crippen LogP contribution in [0.25, 0.3) is 0 Å². The van der Waals surface area contributed by atoms with Gasteiger partial charge in [0, 0.05) is 16.9 Å². The standard InChI is InChI=1S/C13H14FNOS/c1-8-9(2)17-13(15-8)7-12(16)10-5-3-4-6-11(10)14/h3-6,12,16H,7H2,1-2H3. The highest BCUT2D eigenvalue weighted by atomic mass is 32.1. The van der Waals surface area contributed by atoms with Crippen molar-refractivity contribution >= 4 is 11.3 Å². The average Bonchev–Trinajstić information content (AvgIpc) is 2.58. The quantitative estimate of drug-likeness (QED) is 0.909. The van der Waals surface area contributed by atoms with E-state index in [0.717, 1.165) is 15.6 Å². The Hall–Kier alpha value is -1.26. The molecule has 0 spiro atoms. The number of nitrogens with zero attached hydrogens (tertiary/aromatic N) is 1. The normalized spacial score (nSPS) is 12.7. The van der Waals surface area contributed by atoms with Crippen LogP contribution in [0.2, 0.25) is 0 Å². The second kappa shape index (κ2) is 4.94. The van der Waals surface area contributed by atoms with Crippen molar-refractivity contribution < 1.29 is 9.50 Å². The number of thiazole rings is 1. The van der Waals surface area contributed by atoms with E-state index in [1.807, 2.05) is 13.8 Å². The topological polar surface area (TPSA) is 33.1 Å². The van der Waals surface area contributed by atoms with Gasteiger partial charge >= 0.3 is 0 Å². The second-order valence-electron chi connectivity index (χ2n) is 3.99. The molecule has 1 heterocycles. The summed E-state index contributed by atoms with van der Waals surface area (Å²) in [5, 5.41) is 10.8. The summed E-state index contributed by atoms with van der Waals surface area (Å²) in [6.07, 6.45) is -0.471. The number of hydrogen-bond acceptors (Lipinski definition) is 3. The number of aryl methyl sites for hydroxylation is 2. The van der Waals surface area contributed by atoms with Crippen molar-refractivity contribution in [3.8, 4) is 0 Å². The number of rotatable bonds is 3. The van der Waals surface area contributed by atoms with Crippen molar-refractivity contribution in [3.63, 3.8) is 0 Å². The Balaban J connectivity index is 2.17. The van der Waals surface area contributed by atoms with E-state index in [-0.39, 0.29) is 5.82 Å². The van der Waals surface area contributed by atoms with E-state index in [2.05, 4.69) is 4.98 Å². The molecule has 1 aromatic carbocycles. The molecule has 0 bridgehead atoms. The summed E-state index contributed by atoms with van der Waals surface area (Å²) in [6.45, 7) is 3.93. The average molecular weight is 251 g/mol. The molecule has 0 aliphatic carbocycles. The molecule has 17 heavy (non-hydrogen) atoms. The van der Waals surface area contributed by atoms with E-state index in [1.165, 1.54) is 6.07 Å². The van der Waals surface area contributed by atoms with Gasteiger partial charge in [0.05, 0.1) is 16.8 Å². The molecule has 0 saturated heterocycles. The van der Waals surface area contributed by atoms with Crippen LogP contribution in [0.4, 0.5) is 4.39 Å². The molecule has 0 radical (unpaired) electrons. The number of hydrogen-bond donors (Lipinski definition) is 1. The predicted octanol–water partition coefficient (Wildman–Crippen LogP) is 3.18. The summed E-state index contributed by atoms with van der Waals surface area (Å²) in [4.78, 5) is 5.48. The number of aliphatic hydroxyl groups excluding tert-OH is 1. The van der Waals surface area contributed by atoms with Gasteiger partial charge in [-0.3, -0.25) is 0 Å². The number of benzene rings is 1. The first-order valence-corrected chi connectivity index (χ1v) is 6.25. The van der Waals surface area contributed by atoms with E-state index in [4.69, 9.17) is 0 Å². The first kappa shape index (κ1) is 12.2. The molecule has 0 aliphatic rings. The highest BCUT2D eigenvalue weighted by Crippen LogP contribution is 2.24. The molecule has 0 aliphatic heterocycles. The Kier molecular flexibility index (Phi) is 3.54. The molecule has 0 amide bonds. The van der Waals surface area contributed by atoms with Gasteiger partial charge in [0.1, 0.15) is 5.82 Å². The molecule has 0 saturated carbocycles. The Bertz CT molecular complexity index is 504. The molecular weight excluding hydrogens is 237 g/mol. The van der Waals surface area contributed by atoms with Crippen LogP contribution in [-0.2, 0) is 6.42 Å². The summed E-state index contributed by atoms with van der Waals surface area (Å²) in [5.41, 5.74) is 1.31. The summed E-state index contributed by atoms with van der Waals surface area (Å²) < 4.78 is 13.5. The number of aliphatic hydroxyl groups is 1. The minimum atomic E-state index is -0.832. The maximum absolute atomic E-state index is 13.5. The molecule has 0 fully saturated rings. The lowest BCUT2D eigenvalue weighted by molar-refractivity contribution is 0.173. The van der Waals surface area contributed by atoms with Gasteiger partial charge in [-0.25, -0.2) is 9.37 Å². The maximum atomic E-state index is 13.5. The Labute approximate surface area is 104 Å². The number of halogens is 1. The van der Waals surface area contributed by atoms with Gasteiger partial charge in [-0.1, -0.05) is 18.2 Å². The van der Waals surface area contributed by atoms with Crippen LogP contribution < -0.4 is 0 Å². The lowest BCUT2D eigenvalue weighted by atomic mass is 10.1. The molecule has 1 atom stereocenters. The zero-order valence-electron chi connectivity index (χ0n) is 9.77. The molecular formula is C13H14FNOS. The van der Waals surface area contributed by atoms with Crippen molar-refractivity contribution in [2.24, 2.45) is 0 Å².